The summed E-state index contributed by atoms with van der Waals surface area (Å²) < 4.78 is 7.26. The minimum Gasteiger partial charge on any atom is -0.394 e. The lowest BCUT2D eigenvalue weighted by Gasteiger charge is -2.20. The maximum absolute atomic E-state index is 6.12. The van der Waals surface area contributed by atoms with E-state index >= 15 is 0 Å². The van der Waals surface area contributed by atoms with Gasteiger partial charge in [-0.25, -0.2) is 9.50 Å². The minimum atomic E-state index is 0.311. The predicted octanol–water partition coefficient (Wildman–Crippen LogP) is 1.51. The van der Waals surface area contributed by atoms with Gasteiger partial charge in [0, 0.05) is 24.9 Å². The molecule has 3 rings (SSSR count). The van der Waals surface area contributed by atoms with Gasteiger partial charge in [-0.2, -0.15) is 5.10 Å². The molecular formula is C12H16N4O. The van der Waals surface area contributed by atoms with Crippen molar-refractivity contribution in [1.82, 2.24) is 14.6 Å². The second kappa shape index (κ2) is 4.00. The SMILES string of the molecule is Cc1cnc2c(N)c(C3CCCOC3)nn2c1. The number of hydrogen-bond acceptors (Lipinski definition) is 4. The molecule has 0 radical (unpaired) electrons. The van der Waals surface area contributed by atoms with Crippen LogP contribution in [0, 0.1) is 6.92 Å². The first-order valence-electron chi connectivity index (χ1n) is 5.94. The van der Waals surface area contributed by atoms with Gasteiger partial charge in [-0.1, -0.05) is 0 Å². The zero-order valence-corrected chi connectivity index (χ0v) is 9.89. The minimum absolute atomic E-state index is 0.311. The van der Waals surface area contributed by atoms with Gasteiger partial charge in [-0.3, -0.25) is 0 Å². The van der Waals surface area contributed by atoms with Gasteiger partial charge in [0.15, 0.2) is 5.65 Å². The lowest BCUT2D eigenvalue weighted by molar-refractivity contribution is 0.0794. The molecular weight excluding hydrogens is 216 g/mol. The fourth-order valence-electron chi connectivity index (χ4n) is 2.32. The van der Waals surface area contributed by atoms with Gasteiger partial charge in [-0.15, -0.1) is 0 Å². The van der Waals surface area contributed by atoms with E-state index in [2.05, 4.69) is 10.1 Å². The highest BCUT2D eigenvalue weighted by atomic mass is 16.5. The molecule has 1 atom stereocenters. The van der Waals surface area contributed by atoms with Crippen LogP contribution in [0.15, 0.2) is 12.4 Å². The third kappa shape index (κ3) is 1.76. The first-order chi connectivity index (χ1) is 8.25. The van der Waals surface area contributed by atoms with Crippen LogP contribution in [0.5, 0.6) is 0 Å². The zero-order valence-electron chi connectivity index (χ0n) is 9.89. The molecule has 2 aromatic rings. The Bertz CT molecular complexity index is 543. The second-order valence-electron chi connectivity index (χ2n) is 4.61. The number of nitrogen functional groups attached to an aromatic ring is 1. The highest BCUT2D eigenvalue weighted by Gasteiger charge is 2.23. The molecule has 0 bridgehead atoms. The van der Waals surface area contributed by atoms with Gasteiger partial charge in [0.25, 0.3) is 0 Å². The van der Waals surface area contributed by atoms with E-state index in [1.807, 2.05) is 19.3 Å². The molecule has 17 heavy (non-hydrogen) atoms. The van der Waals surface area contributed by atoms with Crippen LogP contribution in [0.25, 0.3) is 5.65 Å². The summed E-state index contributed by atoms with van der Waals surface area (Å²) in [6.45, 7) is 3.56. The molecule has 0 amide bonds. The molecule has 2 N–H and O–H groups in total. The molecule has 1 saturated heterocycles. The van der Waals surface area contributed by atoms with E-state index < -0.39 is 0 Å². The van der Waals surface area contributed by atoms with Gasteiger partial charge in [0.1, 0.15) is 5.69 Å². The highest BCUT2D eigenvalue weighted by molar-refractivity contribution is 5.68. The Morgan fingerprint density at radius 2 is 2.41 bits per heavy atom. The predicted molar refractivity (Wildman–Crippen MR) is 64.9 cm³/mol. The molecule has 3 heterocycles. The van der Waals surface area contributed by atoms with Crippen LogP contribution in [-0.4, -0.2) is 27.8 Å². The summed E-state index contributed by atoms with van der Waals surface area (Å²) in [6, 6.07) is 0. The fourth-order valence-corrected chi connectivity index (χ4v) is 2.32. The van der Waals surface area contributed by atoms with E-state index in [-0.39, 0.29) is 0 Å². The largest absolute Gasteiger partial charge is 0.394 e. The average Bonchev–Trinajstić information content (AvgIpc) is 2.67. The summed E-state index contributed by atoms with van der Waals surface area (Å²) in [5, 5.41) is 4.55. The van der Waals surface area contributed by atoms with E-state index in [1.165, 1.54) is 0 Å². The zero-order chi connectivity index (χ0) is 11.8. The highest BCUT2D eigenvalue weighted by Crippen LogP contribution is 2.30. The monoisotopic (exact) mass is 232 g/mol. The normalized spacial score (nSPS) is 20.9. The standard InChI is InChI=1S/C12H16N4O/c1-8-5-14-12-10(13)11(15-16(12)6-8)9-3-2-4-17-7-9/h5-6,9H,2-4,7,13H2,1H3. The Balaban J connectivity index is 2.07. The fraction of sp³-hybridized carbons (Fsp3) is 0.500. The van der Waals surface area contributed by atoms with Gasteiger partial charge in [0.2, 0.25) is 0 Å². The molecule has 5 heteroatoms. The van der Waals surface area contributed by atoms with Crippen molar-refractivity contribution < 1.29 is 4.74 Å². The number of anilines is 1. The molecule has 1 unspecified atom stereocenters. The second-order valence-corrected chi connectivity index (χ2v) is 4.61. The Labute approximate surface area is 99.6 Å². The van der Waals surface area contributed by atoms with Gasteiger partial charge < -0.3 is 10.5 Å². The number of fused-ring (bicyclic) bond motifs is 1. The maximum atomic E-state index is 6.12. The smallest absolute Gasteiger partial charge is 0.178 e. The number of nitrogens with two attached hydrogens (primary N) is 1. The van der Waals surface area contributed by atoms with Gasteiger partial charge in [0.05, 0.1) is 12.3 Å². The average molecular weight is 232 g/mol. The first-order valence-corrected chi connectivity index (χ1v) is 5.94. The van der Waals surface area contributed by atoms with Crippen molar-refractivity contribution >= 4 is 11.3 Å². The van der Waals surface area contributed by atoms with Gasteiger partial charge in [-0.05, 0) is 25.3 Å². The first kappa shape index (κ1) is 10.5. The van der Waals surface area contributed by atoms with E-state index in [0.717, 1.165) is 36.4 Å². The Hall–Kier alpha value is -1.62. The van der Waals surface area contributed by atoms with Crippen molar-refractivity contribution in [3.8, 4) is 0 Å². The van der Waals surface area contributed by atoms with Crippen molar-refractivity contribution in [3.05, 3.63) is 23.7 Å². The molecule has 0 aliphatic carbocycles. The van der Waals surface area contributed by atoms with Crippen LogP contribution in [0.2, 0.25) is 0 Å². The van der Waals surface area contributed by atoms with Crippen LogP contribution in [0.3, 0.4) is 0 Å². The van der Waals surface area contributed by atoms with E-state index in [0.29, 0.717) is 18.2 Å². The molecule has 0 saturated carbocycles. The van der Waals surface area contributed by atoms with Crippen molar-refractivity contribution in [3.63, 3.8) is 0 Å². The van der Waals surface area contributed by atoms with E-state index in [4.69, 9.17) is 10.5 Å². The number of aryl methyl sites for hydroxylation is 1. The summed E-state index contributed by atoms with van der Waals surface area (Å²) in [4.78, 5) is 4.33. The molecule has 2 aromatic heterocycles. The van der Waals surface area contributed by atoms with Crippen LogP contribution in [-0.2, 0) is 4.74 Å². The molecule has 0 spiro atoms. The van der Waals surface area contributed by atoms with Crippen LogP contribution in [0.1, 0.15) is 30.0 Å². The summed E-state index contributed by atoms with van der Waals surface area (Å²) in [5.41, 5.74) is 9.57. The Kier molecular flexibility index (Phi) is 2.48. The Morgan fingerprint density at radius 1 is 1.53 bits per heavy atom. The number of nitrogens with zero attached hydrogens (tertiary/aromatic N) is 3. The summed E-state index contributed by atoms with van der Waals surface area (Å²) in [5.74, 6) is 0.311. The summed E-state index contributed by atoms with van der Waals surface area (Å²) in [6.07, 6.45) is 5.93. The summed E-state index contributed by atoms with van der Waals surface area (Å²) in [7, 11) is 0. The van der Waals surface area contributed by atoms with Crippen molar-refractivity contribution in [2.24, 2.45) is 0 Å². The lowest BCUT2D eigenvalue weighted by atomic mass is 9.98. The van der Waals surface area contributed by atoms with Crippen LogP contribution >= 0.6 is 0 Å². The van der Waals surface area contributed by atoms with Crippen molar-refractivity contribution in [2.45, 2.75) is 25.7 Å². The summed E-state index contributed by atoms with van der Waals surface area (Å²) >= 11 is 0. The van der Waals surface area contributed by atoms with Crippen LogP contribution < -0.4 is 5.73 Å². The molecule has 1 aliphatic rings. The van der Waals surface area contributed by atoms with E-state index in [1.54, 1.807) is 4.52 Å². The maximum Gasteiger partial charge on any atom is 0.178 e. The molecule has 0 aromatic carbocycles. The number of ether oxygens (including phenoxy) is 1. The molecule has 1 aliphatic heterocycles. The molecule has 1 fully saturated rings. The molecule has 90 valence electrons. The number of aromatic nitrogens is 3. The molecule has 5 nitrogen and oxygen atoms in total. The van der Waals surface area contributed by atoms with E-state index in [9.17, 15) is 0 Å². The third-order valence-corrected chi connectivity index (χ3v) is 3.21. The number of hydrogen-bond donors (Lipinski definition) is 1. The number of rotatable bonds is 1. The lowest BCUT2D eigenvalue weighted by Crippen LogP contribution is -2.16. The van der Waals surface area contributed by atoms with Gasteiger partial charge >= 0.3 is 0 Å². The quantitative estimate of drug-likeness (QED) is 0.809. The Morgan fingerprint density at radius 3 is 3.18 bits per heavy atom. The van der Waals surface area contributed by atoms with Crippen molar-refractivity contribution in [1.29, 1.82) is 0 Å². The van der Waals surface area contributed by atoms with Crippen molar-refractivity contribution in [2.75, 3.05) is 18.9 Å². The third-order valence-electron chi connectivity index (χ3n) is 3.21. The van der Waals surface area contributed by atoms with Crippen LogP contribution in [0.4, 0.5) is 5.69 Å². The topological polar surface area (TPSA) is 65.4 Å².